The second-order valence-corrected chi connectivity index (χ2v) is 12.3. The summed E-state index contributed by atoms with van der Waals surface area (Å²) in [6.07, 6.45) is 20.1. The van der Waals surface area contributed by atoms with Crippen LogP contribution in [0.1, 0.15) is 102 Å². The van der Waals surface area contributed by atoms with Crippen LogP contribution in [0, 0.1) is 16.8 Å². The first kappa shape index (κ1) is 34.4. The Morgan fingerprint density at radius 1 is 0.838 bits per heavy atom. The summed E-state index contributed by atoms with van der Waals surface area (Å²) < 4.78 is 41.0. The Balaban J connectivity index is 0.000000516. The van der Waals surface area contributed by atoms with Gasteiger partial charge in [0.25, 0.3) is 0 Å². The number of unbranched alkanes of at least 4 members (excludes halogenated alkanes) is 13. The van der Waals surface area contributed by atoms with E-state index in [9.17, 15) is 13.0 Å². The minimum Gasteiger partial charge on any atom is -0.744 e. The van der Waals surface area contributed by atoms with Crippen molar-refractivity contribution in [3.05, 3.63) is 29.8 Å². The number of morpholine rings is 1. The topological polar surface area (TPSA) is 66.4 Å². The lowest BCUT2D eigenvalue weighted by atomic mass is 10.0. The molecule has 7 heteroatoms. The quantitative estimate of drug-likeness (QED) is 0.0574. The molecule has 5 nitrogen and oxygen atoms in total. The van der Waals surface area contributed by atoms with E-state index in [1.54, 1.807) is 12.1 Å². The third kappa shape index (κ3) is 17.5. The highest BCUT2D eigenvalue weighted by molar-refractivity contribution is 14.1. The van der Waals surface area contributed by atoms with Gasteiger partial charge < -0.3 is 13.8 Å². The normalized spacial score (nSPS) is 14.8. The molecule has 1 fully saturated rings. The molecule has 0 atom stereocenters. The van der Waals surface area contributed by atoms with Crippen LogP contribution in [-0.4, -0.2) is 56.8 Å². The van der Waals surface area contributed by atoms with E-state index in [0.29, 0.717) is 0 Å². The van der Waals surface area contributed by atoms with Crippen molar-refractivity contribution in [3.63, 3.8) is 0 Å². The highest BCUT2D eigenvalue weighted by Gasteiger charge is 2.28. The number of halogens is 1. The number of rotatable bonds is 17. The molecule has 0 spiro atoms. The van der Waals surface area contributed by atoms with E-state index >= 15 is 0 Å². The number of aryl methyl sites for hydroxylation is 1. The van der Waals surface area contributed by atoms with Crippen LogP contribution in [0.15, 0.2) is 29.2 Å². The SMILES string of the molecule is CCCCCCCCCCCCCCCC[N+]1(CC#CI)CCOCC1.Cc1ccc(S(=O)(=O)[O-])cc1. The number of hydrogen-bond donors (Lipinski definition) is 0. The van der Waals surface area contributed by atoms with Crippen molar-refractivity contribution in [1.29, 1.82) is 0 Å². The van der Waals surface area contributed by atoms with Crippen molar-refractivity contribution in [3.8, 4) is 9.85 Å². The summed E-state index contributed by atoms with van der Waals surface area (Å²) in [5.41, 5.74) is 0.928. The first-order valence-electron chi connectivity index (χ1n) is 14.4. The molecule has 1 saturated heterocycles. The van der Waals surface area contributed by atoms with Crippen LogP contribution in [0.2, 0.25) is 0 Å². The van der Waals surface area contributed by atoms with Crippen LogP contribution < -0.4 is 0 Å². The van der Waals surface area contributed by atoms with E-state index in [1.165, 1.54) is 113 Å². The molecule has 1 aromatic carbocycles. The van der Waals surface area contributed by atoms with Gasteiger partial charge in [0.2, 0.25) is 0 Å². The van der Waals surface area contributed by atoms with Crippen molar-refractivity contribution in [2.24, 2.45) is 0 Å². The molecule has 212 valence electrons. The van der Waals surface area contributed by atoms with Crippen molar-refractivity contribution < 1.29 is 22.2 Å². The van der Waals surface area contributed by atoms with Crippen LogP contribution in [-0.2, 0) is 14.9 Å². The second kappa shape index (κ2) is 21.2. The number of hydrogen-bond acceptors (Lipinski definition) is 4. The van der Waals surface area contributed by atoms with E-state index in [1.807, 2.05) is 6.92 Å². The molecule has 0 aliphatic carbocycles. The zero-order valence-corrected chi connectivity index (χ0v) is 26.3. The van der Waals surface area contributed by atoms with Gasteiger partial charge in [-0.3, -0.25) is 0 Å². The van der Waals surface area contributed by atoms with Gasteiger partial charge in [-0.25, -0.2) is 8.42 Å². The molecular formula is C30H50INO4S. The molecule has 0 bridgehead atoms. The first-order chi connectivity index (χ1) is 17.8. The summed E-state index contributed by atoms with van der Waals surface area (Å²) in [5.74, 6) is 3.31. The van der Waals surface area contributed by atoms with E-state index in [4.69, 9.17) is 4.74 Å². The highest BCUT2D eigenvalue weighted by atomic mass is 127. The zero-order chi connectivity index (χ0) is 27.2. The fourth-order valence-corrected chi connectivity index (χ4v) is 5.38. The monoisotopic (exact) mass is 647 g/mol. The lowest BCUT2D eigenvalue weighted by Gasteiger charge is -2.40. The maximum absolute atomic E-state index is 10.4. The lowest BCUT2D eigenvalue weighted by Crippen LogP contribution is -2.55. The molecule has 2 rings (SSSR count). The molecule has 37 heavy (non-hydrogen) atoms. The summed E-state index contributed by atoms with van der Waals surface area (Å²) in [6, 6.07) is 5.78. The fraction of sp³-hybridized carbons (Fsp3) is 0.733. The number of quaternary nitrogens is 1. The molecule has 0 radical (unpaired) electrons. The molecule has 1 aliphatic rings. The number of benzene rings is 1. The Hall–Kier alpha value is -0.660. The largest absolute Gasteiger partial charge is 0.744 e. The minimum atomic E-state index is -4.27. The summed E-state index contributed by atoms with van der Waals surface area (Å²) in [5, 5.41) is 0. The van der Waals surface area contributed by atoms with Gasteiger partial charge in [0.05, 0.1) is 24.7 Å². The average Bonchev–Trinajstić information content (AvgIpc) is 2.88. The van der Waals surface area contributed by atoms with Crippen LogP contribution in [0.5, 0.6) is 0 Å². The predicted octanol–water partition coefficient (Wildman–Crippen LogP) is 7.61. The van der Waals surface area contributed by atoms with Crippen LogP contribution in [0.4, 0.5) is 0 Å². The molecule has 0 unspecified atom stereocenters. The highest BCUT2D eigenvalue weighted by Crippen LogP contribution is 2.16. The van der Waals surface area contributed by atoms with E-state index in [-0.39, 0.29) is 4.90 Å². The van der Waals surface area contributed by atoms with E-state index in [2.05, 4.69) is 39.4 Å². The number of ether oxygens (including phenoxy) is 1. The van der Waals surface area contributed by atoms with Crippen LogP contribution >= 0.6 is 22.6 Å². The molecule has 1 aromatic rings. The molecule has 0 N–H and O–H groups in total. The smallest absolute Gasteiger partial charge is 0.141 e. The van der Waals surface area contributed by atoms with Gasteiger partial charge in [0.15, 0.2) is 0 Å². The van der Waals surface area contributed by atoms with Gasteiger partial charge in [-0.1, -0.05) is 102 Å². The Bertz CT molecular complexity index is 856. The van der Waals surface area contributed by atoms with Crippen molar-refractivity contribution in [2.75, 3.05) is 39.4 Å². The lowest BCUT2D eigenvalue weighted by molar-refractivity contribution is -0.928. The average molecular weight is 648 g/mol. The first-order valence-corrected chi connectivity index (χ1v) is 16.9. The summed E-state index contributed by atoms with van der Waals surface area (Å²) >= 11 is 2.17. The Labute approximate surface area is 241 Å². The second-order valence-electron chi connectivity index (χ2n) is 10.4. The third-order valence-corrected chi connectivity index (χ3v) is 8.43. The molecule has 0 amide bonds. The predicted molar refractivity (Wildman–Crippen MR) is 162 cm³/mol. The van der Waals surface area contributed by atoms with Crippen molar-refractivity contribution in [2.45, 2.75) is 109 Å². The summed E-state index contributed by atoms with van der Waals surface area (Å²) in [4.78, 5) is -0.178. The zero-order valence-electron chi connectivity index (χ0n) is 23.3. The van der Waals surface area contributed by atoms with Gasteiger partial charge >= 0.3 is 0 Å². The van der Waals surface area contributed by atoms with Gasteiger partial charge in [0.1, 0.15) is 29.8 Å². The van der Waals surface area contributed by atoms with Gasteiger partial charge in [-0.2, -0.15) is 0 Å². The maximum atomic E-state index is 10.4. The Morgan fingerprint density at radius 2 is 1.30 bits per heavy atom. The summed E-state index contributed by atoms with van der Waals surface area (Å²) in [7, 11) is -4.27. The standard InChI is InChI=1S/C23H43INO.C7H8O3S/c1-2-3-4-5-6-7-8-9-10-11-12-13-14-15-18-25(19-16-17-24)20-22-26-23-21-25;1-6-2-4-7(5-3-6)11(8,9)10/h2-15,18-23H2,1H3;2-5H,1H3,(H,8,9,10)/q+1;/p-1. The summed E-state index contributed by atoms with van der Waals surface area (Å²) in [6.45, 7) is 10.6. The molecule has 1 heterocycles. The van der Waals surface area contributed by atoms with Crippen molar-refractivity contribution >= 4 is 32.7 Å². The Morgan fingerprint density at radius 3 is 1.73 bits per heavy atom. The van der Waals surface area contributed by atoms with Gasteiger partial charge in [-0.05, 0) is 41.7 Å². The molecular weight excluding hydrogens is 597 g/mol. The molecule has 0 saturated carbocycles. The minimum absolute atomic E-state index is 0.178. The Kier molecular flexibility index (Phi) is 19.7. The maximum Gasteiger partial charge on any atom is 0.141 e. The van der Waals surface area contributed by atoms with Crippen LogP contribution in [0.25, 0.3) is 0 Å². The van der Waals surface area contributed by atoms with E-state index in [0.717, 1.165) is 38.4 Å². The fourth-order valence-electron chi connectivity index (χ4n) is 4.74. The molecule has 0 aromatic heterocycles. The van der Waals surface area contributed by atoms with Gasteiger partial charge in [0, 0.05) is 22.6 Å². The van der Waals surface area contributed by atoms with Crippen LogP contribution in [0.3, 0.4) is 0 Å². The number of nitrogens with zero attached hydrogens (tertiary/aromatic N) is 1. The molecule has 1 aliphatic heterocycles. The van der Waals surface area contributed by atoms with Crippen molar-refractivity contribution in [1.82, 2.24) is 0 Å². The van der Waals surface area contributed by atoms with Gasteiger partial charge in [-0.15, -0.1) is 0 Å². The third-order valence-electron chi connectivity index (χ3n) is 7.20. The van der Waals surface area contributed by atoms with E-state index < -0.39 is 10.1 Å².